The Hall–Kier alpha value is -1.90. The maximum absolute atomic E-state index is 12.7. The van der Waals surface area contributed by atoms with Crippen molar-refractivity contribution in [1.29, 1.82) is 0 Å². The first-order chi connectivity index (χ1) is 12.8. The summed E-state index contributed by atoms with van der Waals surface area (Å²) in [5.74, 6) is 0. The van der Waals surface area contributed by atoms with Crippen LogP contribution in [0.15, 0.2) is 58.3 Å². The summed E-state index contributed by atoms with van der Waals surface area (Å²) < 4.78 is 28.3. The molecule has 27 heavy (non-hydrogen) atoms. The summed E-state index contributed by atoms with van der Waals surface area (Å²) in [6.45, 7) is 1.92. The summed E-state index contributed by atoms with van der Waals surface area (Å²) in [4.78, 5) is 11.6. The van der Waals surface area contributed by atoms with Crippen molar-refractivity contribution in [3.8, 4) is 0 Å². The Balaban J connectivity index is 1.73. The lowest BCUT2D eigenvalue weighted by molar-refractivity contribution is -0.384. The van der Waals surface area contributed by atoms with E-state index in [1.165, 1.54) is 12.1 Å². The van der Waals surface area contributed by atoms with Crippen molar-refractivity contribution in [3.63, 3.8) is 0 Å². The van der Waals surface area contributed by atoms with E-state index in [-0.39, 0.29) is 21.9 Å². The molecule has 3 rings (SSSR count). The first-order valence-electron chi connectivity index (χ1n) is 8.85. The molecule has 0 aromatic heterocycles. The molecule has 1 saturated carbocycles. The van der Waals surface area contributed by atoms with Gasteiger partial charge in [0.05, 0.1) is 9.82 Å². The van der Waals surface area contributed by atoms with E-state index < -0.39 is 14.9 Å². The van der Waals surface area contributed by atoms with Gasteiger partial charge in [0.25, 0.3) is 5.69 Å². The fraction of sp³-hybridized carbons (Fsp3) is 0.368. The normalized spacial score (nSPS) is 20.3. The van der Waals surface area contributed by atoms with Gasteiger partial charge < -0.3 is 0 Å². The third-order valence-corrected chi connectivity index (χ3v) is 7.59. The molecule has 2 aromatic carbocycles. The van der Waals surface area contributed by atoms with Crippen molar-refractivity contribution in [3.05, 3.63) is 64.2 Å². The van der Waals surface area contributed by atoms with Crippen LogP contribution in [0.2, 0.25) is 0 Å². The molecular weight excluding hydrogens is 384 g/mol. The van der Waals surface area contributed by atoms with E-state index >= 15 is 0 Å². The van der Waals surface area contributed by atoms with Crippen molar-refractivity contribution in [1.82, 2.24) is 4.72 Å². The summed E-state index contributed by atoms with van der Waals surface area (Å²) in [7, 11) is -3.57. The predicted octanol–water partition coefficient (Wildman–Crippen LogP) is 4.29. The Morgan fingerprint density at radius 1 is 1.04 bits per heavy atom. The van der Waals surface area contributed by atoms with E-state index in [0.717, 1.165) is 36.1 Å². The standard InChI is InChI=1S/C19H22N2O4S2/c1-14-6-12-17(13-7-14)27(24,25)20-18-4-2-3-5-19(18)26-16-10-8-15(9-11-16)21(22)23/h6-13,18-20H,2-5H2,1H3/t18-,19-/m1/s1. The van der Waals surface area contributed by atoms with Gasteiger partial charge in [-0.1, -0.05) is 30.5 Å². The molecule has 0 aliphatic heterocycles. The summed E-state index contributed by atoms with van der Waals surface area (Å²) in [5, 5.41) is 10.9. The van der Waals surface area contributed by atoms with Crippen molar-refractivity contribution >= 4 is 27.5 Å². The summed E-state index contributed by atoms with van der Waals surface area (Å²) in [6.07, 6.45) is 3.73. The van der Waals surface area contributed by atoms with E-state index in [1.807, 2.05) is 6.92 Å². The van der Waals surface area contributed by atoms with Gasteiger partial charge in [0.1, 0.15) is 0 Å². The average molecular weight is 407 g/mol. The van der Waals surface area contributed by atoms with Crippen LogP contribution in [0, 0.1) is 17.0 Å². The van der Waals surface area contributed by atoms with Crippen LogP contribution < -0.4 is 4.72 Å². The number of nitro groups is 1. The molecule has 1 aliphatic rings. The number of thioether (sulfide) groups is 1. The van der Waals surface area contributed by atoms with Crippen LogP contribution in [0.1, 0.15) is 31.2 Å². The lowest BCUT2D eigenvalue weighted by atomic mass is 9.96. The predicted molar refractivity (Wildman–Crippen MR) is 106 cm³/mol. The highest BCUT2D eigenvalue weighted by Gasteiger charge is 2.30. The Bertz CT molecular complexity index is 896. The van der Waals surface area contributed by atoms with E-state index in [9.17, 15) is 18.5 Å². The maximum atomic E-state index is 12.7. The third kappa shape index (κ3) is 5.09. The summed E-state index contributed by atoms with van der Waals surface area (Å²) in [6, 6.07) is 13.1. The number of nitrogens with one attached hydrogen (secondary N) is 1. The van der Waals surface area contributed by atoms with Gasteiger partial charge in [0, 0.05) is 28.3 Å². The third-order valence-electron chi connectivity index (χ3n) is 4.68. The minimum Gasteiger partial charge on any atom is -0.258 e. The molecule has 6 nitrogen and oxygen atoms in total. The molecule has 8 heteroatoms. The van der Waals surface area contributed by atoms with Crippen molar-refractivity contribution < 1.29 is 13.3 Å². The largest absolute Gasteiger partial charge is 0.269 e. The fourth-order valence-electron chi connectivity index (χ4n) is 3.18. The van der Waals surface area contributed by atoms with Crippen molar-refractivity contribution in [2.75, 3.05) is 0 Å². The quantitative estimate of drug-likeness (QED) is 0.571. The second kappa shape index (κ2) is 8.41. The molecule has 0 spiro atoms. The zero-order chi connectivity index (χ0) is 19.4. The van der Waals surface area contributed by atoms with Crippen LogP contribution in [0.3, 0.4) is 0 Å². The fourth-order valence-corrected chi connectivity index (χ4v) is 5.87. The Morgan fingerprint density at radius 2 is 1.67 bits per heavy atom. The van der Waals surface area contributed by atoms with Crippen LogP contribution in [-0.4, -0.2) is 24.6 Å². The number of hydrogen-bond donors (Lipinski definition) is 1. The molecule has 0 unspecified atom stereocenters. The highest BCUT2D eigenvalue weighted by atomic mass is 32.2. The number of benzene rings is 2. The number of non-ortho nitro benzene ring substituents is 1. The van der Waals surface area contributed by atoms with E-state index in [0.29, 0.717) is 0 Å². The minimum absolute atomic E-state index is 0.0552. The SMILES string of the molecule is Cc1ccc(S(=O)(=O)N[C@@H]2CCCC[C@H]2Sc2ccc([N+](=O)[O-])cc2)cc1. The first-order valence-corrected chi connectivity index (χ1v) is 11.2. The van der Waals surface area contributed by atoms with E-state index in [1.54, 1.807) is 48.2 Å². The second-order valence-electron chi connectivity index (χ2n) is 6.73. The Labute approximate surface area is 163 Å². The lowest BCUT2D eigenvalue weighted by Gasteiger charge is -2.31. The van der Waals surface area contributed by atoms with Gasteiger partial charge in [-0.3, -0.25) is 10.1 Å². The highest BCUT2D eigenvalue weighted by Crippen LogP contribution is 2.35. The van der Waals surface area contributed by atoms with Crippen LogP contribution in [0.4, 0.5) is 5.69 Å². The molecule has 1 aliphatic carbocycles. The number of hydrogen-bond acceptors (Lipinski definition) is 5. The van der Waals surface area contributed by atoms with Gasteiger partial charge in [-0.05, 0) is 44.0 Å². The van der Waals surface area contributed by atoms with Crippen LogP contribution in [0.5, 0.6) is 0 Å². The topological polar surface area (TPSA) is 89.3 Å². The molecular formula is C19H22N2O4S2. The number of nitrogens with zero attached hydrogens (tertiary/aromatic N) is 1. The Kier molecular flexibility index (Phi) is 6.18. The Morgan fingerprint density at radius 3 is 2.30 bits per heavy atom. The van der Waals surface area contributed by atoms with Gasteiger partial charge in [-0.15, -0.1) is 11.8 Å². The molecule has 0 heterocycles. The van der Waals surface area contributed by atoms with Gasteiger partial charge in [-0.25, -0.2) is 13.1 Å². The van der Waals surface area contributed by atoms with Crippen LogP contribution >= 0.6 is 11.8 Å². The van der Waals surface area contributed by atoms with Crippen LogP contribution in [0.25, 0.3) is 0 Å². The van der Waals surface area contributed by atoms with Gasteiger partial charge in [-0.2, -0.15) is 0 Å². The van der Waals surface area contributed by atoms with E-state index in [4.69, 9.17) is 0 Å². The first kappa shape index (κ1) is 19.9. The van der Waals surface area contributed by atoms with Gasteiger partial charge in [0.2, 0.25) is 10.0 Å². The molecule has 2 aromatic rings. The number of sulfonamides is 1. The molecule has 1 fully saturated rings. The average Bonchev–Trinajstić information content (AvgIpc) is 2.64. The van der Waals surface area contributed by atoms with Crippen molar-refractivity contribution in [2.24, 2.45) is 0 Å². The maximum Gasteiger partial charge on any atom is 0.269 e. The number of rotatable bonds is 6. The monoisotopic (exact) mass is 406 g/mol. The molecule has 0 radical (unpaired) electrons. The van der Waals surface area contributed by atoms with Gasteiger partial charge >= 0.3 is 0 Å². The summed E-state index contributed by atoms with van der Waals surface area (Å²) in [5.41, 5.74) is 1.07. The zero-order valence-corrected chi connectivity index (χ0v) is 16.6. The number of aryl methyl sites for hydroxylation is 1. The molecule has 0 amide bonds. The molecule has 0 bridgehead atoms. The molecule has 1 N–H and O–H groups in total. The highest BCUT2D eigenvalue weighted by molar-refractivity contribution is 8.00. The summed E-state index contributed by atoms with van der Waals surface area (Å²) >= 11 is 1.58. The zero-order valence-electron chi connectivity index (χ0n) is 15.0. The second-order valence-corrected chi connectivity index (χ2v) is 9.76. The van der Waals surface area contributed by atoms with E-state index in [2.05, 4.69) is 4.72 Å². The smallest absolute Gasteiger partial charge is 0.258 e. The molecule has 0 saturated heterocycles. The van der Waals surface area contributed by atoms with Gasteiger partial charge in [0.15, 0.2) is 0 Å². The van der Waals surface area contributed by atoms with Crippen LogP contribution in [-0.2, 0) is 10.0 Å². The number of nitro benzene ring substituents is 1. The minimum atomic E-state index is -3.57. The van der Waals surface area contributed by atoms with Crippen molar-refractivity contribution in [2.45, 2.75) is 53.7 Å². The molecule has 2 atom stereocenters. The molecule has 144 valence electrons. The lowest BCUT2D eigenvalue weighted by Crippen LogP contribution is -2.43.